The van der Waals surface area contributed by atoms with E-state index in [1.165, 1.54) is 19.1 Å². The number of nitro benzene ring substituents is 1. The van der Waals surface area contributed by atoms with E-state index in [0.717, 1.165) is 11.3 Å². The lowest BCUT2D eigenvalue weighted by Crippen LogP contribution is -2.48. The fourth-order valence-electron chi connectivity index (χ4n) is 3.87. The van der Waals surface area contributed by atoms with Gasteiger partial charge in [0.1, 0.15) is 5.78 Å². The van der Waals surface area contributed by atoms with Crippen LogP contribution in [0.4, 0.5) is 5.69 Å². The van der Waals surface area contributed by atoms with Crippen molar-refractivity contribution in [2.75, 3.05) is 0 Å². The van der Waals surface area contributed by atoms with Crippen LogP contribution in [0.1, 0.15) is 42.3 Å². The number of rotatable bonds is 3. The molecule has 7 heteroatoms. The maximum absolute atomic E-state index is 12.3. The molecular formula is C17H19N3O4. The number of H-pyrrole nitrogens is 1. The molecule has 0 amide bonds. The van der Waals surface area contributed by atoms with E-state index in [2.05, 4.69) is 10.2 Å². The van der Waals surface area contributed by atoms with Crippen LogP contribution in [-0.2, 0) is 11.2 Å². The minimum absolute atomic E-state index is 0.0392. The highest BCUT2D eigenvalue weighted by atomic mass is 16.6. The quantitative estimate of drug-likeness (QED) is 0.663. The minimum Gasteiger partial charge on any atom is -0.389 e. The molecule has 3 rings (SSSR count). The Kier molecular flexibility index (Phi) is 3.76. The third-order valence-corrected chi connectivity index (χ3v) is 4.79. The number of nitrogens with one attached hydrogen (secondary N) is 1. The second-order valence-electron chi connectivity index (χ2n) is 6.66. The molecule has 2 aromatic rings. The van der Waals surface area contributed by atoms with Crippen molar-refractivity contribution in [1.29, 1.82) is 0 Å². The van der Waals surface area contributed by atoms with Crippen molar-refractivity contribution in [3.63, 3.8) is 0 Å². The number of non-ortho nitro benzene ring substituents is 1. The molecule has 0 spiro atoms. The minimum atomic E-state index is -1.27. The predicted octanol–water partition coefficient (Wildman–Crippen LogP) is 2.27. The molecule has 0 bridgehead atoms. The zero-order valence-corrected chi connectivity index (χ0v) is 13.7. The van der Waals surface area contributed by atoms with Gasteiger partial charge in [-0.1, -0.05) is 12.1 Å². The molecule has 7 nitrogen and oxygen atoms in total. The van der Waals surface area contributed by atoms with Crippen LogP contribution in [0.15, 0.2) is 24.3 Å². The zero-order chi connectivity index (χ0) is 17.6. The van der Waals surface area contributed by atoms with E-state index in [1.807, 2.05) is 6.92 Å². The van der Waals surface area contributed by atoms with Crippen molar-refractivity contribution >= 4 is 11.5 Å². The summed E-state index contributed by atoms with van der Waals surface area (Å²) in [6.07, 6.45) is 0.266. The third kappa shape index (κ3) is 2.50. The van der Waals surface area contributed by atoms with Crippen molar-refractivity contribution in [1.82, 2.24) is 10.2 Å². The number of carbonyl (C=O) groups is 1. The van der Waals surface area contributed by atoms with E-state index in [4.69, 9.17) is 0 Å². The maximum Gasteiger partial charge on any atom is 0.269 e. The van der Waals surface area contributed by atoms with Crippen molar-refractivity contribution in [2.24, 2.45) is 5.92 Å². The SMILES string of the molecule is CC(=O)C1C(c2cccc([N+](=O)[O-])c2)c2c(n[nH]c2C)CC1(C)O. The first-order valence-corrected chi connectivity index (χ1v) is 7.73. The van der Waals surface area contributed by atoms with Crippen LogP contribution in [-0.4, -0.2) is 31.6 Å². The summed E-state index contributed by atoms with van der Waals surface area (Å²) < 4.78 is 0. The van der Waals surface area contributed by atoms with Crippen molar-refractivity contribution < 1.29 is 14.8 Å². The number of hydrogen-bond donors (Lipinski definition) is 2. The number of benzene rings is 1. The van der Waals surface area contributed by atoms with Gasteiger partial charge in [-0.15, -0.1) is 0 Å². The second kappa shape index (κ2) is 5.52. The third-order valence-electron chi connectivity index (χ3n) is 4.79. The van der Waals surface area contributed by atoms with Crippen LogP contribution in [0.5, 0.6) is 0 Å². The Bertz CT molecular complexity index is 825. The van der Waals surface area contributed by atoms with E-state index >= 15 is 0 Å². The number of hydrogen-bond acceptors (Lipinski definition) is 5. The van der Waals surface area contributed by atoms with Gasteiger partial charge in [0, 0.05) is 35.7 Å². The van der Waals surface area contributed by atoms with Crippen LogP contribution in [0, 0.1) is 23.0 Å². The first-order chi connectivity index (χ1) is 11.2. The van der Waals surface area contributed by atoms with Gasteiger partial charge in [-0.3, -0.25) is 20.0 Å². The molecule has 0 saturated carbocycles. The molecule has 0 aliphatic heterocycles. The highest BCUT2D eigenvalue weighted by molar-refractivity contribution is 5.82. The standard InChI is InChI=1S/C17H19N3O4/c1-9-14-13(19-18-9)8-17(3,22)16(10(2)21)15(14)11-5-4-6-12(7-11)20(23)24/h4-7,15-16,22H,8H2,1-3H3,(H,18,19). The Morgan fingerprint density at radius 2 is 2.21 bits per heavy atom. The van der Waals surface area contributed by atoms with Gasteiger partial charge in [-0.05, 0) is 26.3 Å². The summed E-state index contributed by atoms with van der Waals surface area (Å²) in [6, 6.07) is 6.24. The molecule has 0 fully saturated rings. The summed E-state index contributed by atoms with van der Waals surface area (Å²) in [5.41, 5.74) is 1.69. The number of ketones is 1. The number of fused-ring (bicyclic) bond motifs is 1. The number of aryl methyl sites for hydroxylation is 1. The van der Waals surface area contributed by atoms with Crippen LogP contribution < -0.4 is 0 Å². The summed E-state index contributed by atoms with van der Waals surface area (Å²) >= 11 is 0. The Morgan fingerprint density at radius 1 is 1.50 bits per heavy atom. The van der Waals surface area contributed by atoms with Gasteiger partial charge in [0.2, 0.25) is 0 Å². The lowest BCUT2D eigenvalue weighted by atomic mass is 9.64. The van der Waals surface area contributed by atoms with Crippen molar-refractivity contribution in [3.8, 4) is 0 Å². The van der Waals surface area contributed by atoms with E-state index in [9.17, 15) is 20.0 Å². The Labute approximate surface area is 138 Å². The Morgan fingerprint density at radius 3 is 2.83 bits per heavy atom. The van der Waals surface area contributed by atoms with E-state index < -0.39 is 22.4 Å². The van der Waals surface area contributed by atoms with E-state index in [0.29, 0.717) is 11.3 Å². The van der Waals surface area contributed by atoms with Crippen LogP contribution >= 0.6 is 0 Å². The van der Waals surface area contributed by atoms with E-state index in [1.54, 1.807) is 19.1 Å². The Hall–Kier alpha value is -2.54. The number of carbonyl (C=O) groups excluding carboxylic acids is 1. The molecular weight excluding hydrogens is 310 g/mol. The van der Waals surface area contributed by atoms with Gasteiger partial charge in [0.15, 0.2) is 0 Å². The molecule has 1 aromatic carbocycles. The Balaban J connectivity index is 2.24. The summed E-state index contributed by atoms with van der Waals surface area (Å²) in [7, 11) is 0. The molecule has 3 atom stereocenters. The highest BCUT2D eigenvalue weighted by Crippen LogP contribution is 2.47. The highest BCUT2D eigenvalue weighted by Gasteiger charge is 2.48. The number of Topliss-reactive ketones (excluding diaryl/α,β-unsaturated/α-hetero) is 1. The van der Waals surface area contributed by atoms with Crippen molar-refractivity contribution in [2.45, 2.75) is 38.7 Å². The number of nitrogens with zero attached hydrogens (tertiary/aromatic N) is 2. The molecule has 1 heterocycles. The van der Waals surface area contributed by atoms with Gasteiger partial charge in [-0.25, -0.2) is 0 Å². The molecule has 24 heavy (non-hydrogen) atoms. The fourth-order valence-corrected chi connectivity index (χ4v) is 3.87. The molecule has 1 aromatic heterocycles. The van der Waals surface area contributed by atoms with Gasteiger partial charge in [-0.2, -0.15) is 5.10 Å². The molecule has 0 saturated heterocycles. The molecule has 2 N–H and O–H groups in total. The largest absolute Gasteiger partial charge is 0.389 e. The lowest BCUT2D eigenvalue weighted by Gasteiger charge is -2.41. The molecule has 1 aliphatic rings. The molecule has 0 radical (unpaired) electrons. The van der Waals surface area contributed by atoms with Gasteiger partial charge in [0.05, 0.1) is 22.1 Å². The number of aromatic amines is 1. The zero-order valence-electron chi connectivity index (χ0n) is 13.7. The average Bonchev–Trinajstić information content (AvgIpc) is 2.85. The average molecular weight is 329 g/mol. The van der Waals surface area contributed by atoms with Crippen LogP contribution in [0.2, 0.25) is 0 Å². The molecule has 1 aliphatic carbocycles. The molecule has 126 valence electrons. The van der Waals surface area contributed by atoms with Crippen LogP contribution in [0.25, 0.3) is 0 Å². The topological polar surface area (TPSA) is 109 Å². The van der Waals surface area contributed by atoms with Gasteiger partial charge in [0.25, 0.3) is 5.69 Å². The first-order valence-electron chi connectivity index (χ1n) is 7.73. The summed E-state index contributed by atoms with van der Waals surface area (Å²) in [5, 5.41) is 29.1. The number of aliphatic hydroxyl groups is 1. The first kappa shape index (κ1) is 16.3. The fraction of sp³-hybridized carbons (Fsp3) is 0.412. The smallest absolute Gasteiger partial charge is 0.269 e. The van der Waals surface area contributed by atoms with Crippen molar-refractivity contribution in [3.05, 3.63) is 56.9 Å². The maximum atomic E-state index is 12.3. The lowest BCUT2D eigenvalue weighted by molar-refractivity contribution is -0.384. The van der Waals surface area contributed by atoms with Gasteiger partial charge < -0.3 is 5.11 Å². The monoisotopic (exact) mass is 329 g/mol. The normalized spacial score (nSPS) is 26.0. The summed E-state index contributed by atoms with van der Waals surface area (Å²) in [4.78, 5) is 23.0. The second-order valence-corrected chi connectivity index (χ2v) is 6.66. The predicted molar refractivity (Wildman–Crippen MR) is 86.8 cm³/mol. The van der Waals surface area contributed by atoms with Gasteiger partial charge >= 0.3 is 0 Å². The summed E-state index contributed by atoms with van der Waals surface area (Å²) in [5.74, 6) is -1.31. The molecule has 3 unspecified atom stereocenters. The van der Waals surface area contributed by atoms with Crippen LogP contribution in [0.3, 0.4) is 0 Å². The van der Waals surface area contributed by atoms with E-state index in [-0.39, 0.29) is 17.9 Å². The number of aromatic nitrogens is 2. The number of nitro groups is 1. The summed E-state index contributed by atoms with van der Waals surface area (Å²) in [6.45, 7) is 4.92.